The second-order valence-electron chi connectivity index (χ2n) is 5.03. The molecule has 1 aromatic heterocycles. The molecule has 0 aliphatic heterocycles. The van der Waals surface area contributed by atoms with Crippen molar-refractivity contribution < 1.29 is 18.0 Å². The minimum absolute atomic E-state index is 0.0137. The lowest BCUT2D eigenvalue weighted by molar-refractivity contribution is -0.0328. The minimum atomic E-state index is -4.37. The molecule has 3 aromatic rings. The maximum Gasteiger partial charge on any atom is 0.446 e. The highest BCUT2D eigenvalue weighted by Gasteiger charge is 2.29. The summed E-state index contributed by atoms with van der Waals surface area (Å²) >= 11 is 3.11. The molecule has 0 spiro atoms. The van der Waals surface area contributed by atoms with Gasteiger partial charge in [0.05, 0.1) is 11.4 Å². The van der Waals surface area contributed by atoms with Crippen LogP contribution in [0.1, 0.15) is 10.4 Å². The Balaban J connectivity index is 1.81. The second kappa shape index (κ2) is 7.50. The van der Waals surface area contributed by atoms with Gasteiger partial charge < -0.3 is 5.32 Å². The number of hydrogen-bond donors (Lipinski definition) is 1. The first-order valence-corrected chi connectivity index (χ1v) is 8.74. The number of halogens is 4. The van der Waals surface area contributed by atoms with Crippen LogP contribution in [0, 0.1) is 0 Å². The predicted octanol–water partition coefficient (Wildman–Crippen LogP) is 4.89. The van der Waals surface area contributed by atoms with Crippen molar-refractivity contribution >= 4 is 39.3 Å². The molecular weight excluding hydrogens is 433 g/mol. The average molecular weight is 443 g/mol. The van der Waals surface area contributed by atoms with E-state index in [1.165, 1.54) is 41.6 Å². The van der Waals surface area contributed by atoms with Crippen molar-refractivity contribution in [2.75, 3.05) is 5.32 Å². The van der Waals surface area contributed by atoms with Gasteiger partial charge in [0.15, 0.2) is 0 Å². The summed E-state index contributed by atoms with van der Waals surface area (Å²) in [6.45, 7) is 0. The fourth-order valence-electron chi connectivity index (χ4n) is 2.14. The summed E-state index contributed by atoms with van der Waals surface area (Å²) in [5.41, 5.74) is -3.06. The largest absolute Gasteiger partial charge is 0.446 e. The fraction of sp³-hybridized carbons (Fsp3) is 0.0625. The Kier molecular flexibility index (Phi) is 5.33. The first-order chi connectivity index (χ1) is 12.3. The lowest BCUT2D eigenvalue weighted by atomic mass is 10.2. The molecule has 1 heterocycles. The molecule has 3 rings (SSSR count). The van der Waals surface area contributed by atoms with Gasteiger partial charge in [-0.05, 0) is 54.2 Å². The number of hydrogen-bond acceptors (Lipinski definition) is 4. The van der Waals surface area contributed by atoms with E-state index in [9.17, 15) is 18.0 Å². The Morgan fingerprint density at radius 1 is 1.15 bits per heavy atom. The summed E-state index contributed by atoms with van der Waals surface area (Å²) in [7, 11) is 0. The van der Waals surface area contributed by atoms with E-state index < -0.39 is 11.4 Å². The lowest BCUT2D eigenvalue weighted by Gasteiger charge is -2.12. The molecule has 0 aliphatic rings. The van der Waals surface area contributed by atoms with Crippen molar-refractivity contribution in [3.63, 3.8) is 0 Å². The summed E-state index contributed by atoms with van der Waals surface area (Å²) in [5, 5.41) is 6.77. The summed E-state index contributed by atoms with van der Waals surface area (Å²) in [6, 6.07) is 10.4. The summed E-state index contributed by atoms with van der Waals surface area (Å²) < 4.78 is 39.3. The predicted molar refractivity (Wildman–Crippen MR) is 95.4 cm³/mol. The first kappa shape index (κ1) is 18.5. The molecule has 0 fully saturated rings. The molecule has 0 saturated heterocycles. The number of benzene rings is 2. The lowest BCUT2D eigenvalue weighted by Crippen LogP contribution is -2.14. The molecule has 0 atom stereocenters. The number of aromatic nitrogens is 3. The molecule has 0 bridgehead atoms. The summed E-state index contributed by atoms with van der Waals surface area (Å²) in [6.07, 6.45) is 2.85. The van der Waals surface area contributed by atoms with Crippen LogP contribution in [0.15, 0.2) is 64.5 Å². The Morgan fingerprint density at radius 3 is 2.50 bits per heavy atom. The van der Waals surface area contributed by atoms with Gasteiger partial charge in [-0.25, -0.2) is 9.67 Å². The van der Waals surface area contributed by atoms with Crippen LogP contribution in [0.4, 0.5) is 18.9 Å². The van der Waals surface area contributed by atoms with Crippen LogP contribution in [0.5, 0.6) is 0 Å². The van der Waals surface area contributed by atoms with Gasteiger partial charge in [0.25, 0.3) is 5.91 Å². The highest BCUT2D eigenvalue weighted by molar-refractivity contribution is 9.10. The van der Waals surface area contributed by atoms with E-state index in [0.717, 1.165) is 4.47 Å². The molecule has 0 unspecified atom stereocenters. The van der Waals surface area contributed by atoms with Crippen molar-refractivity contribution in [3.8, 4) is 5.69 Å². The Bertz CT molecular complexity index is 914. The molecule has 26 heavy (non-hydrogen) atoms. The minimum Gasteiger partial charge on any atom is -0.320 e. The quantitative estimate of drug-likeness (QED) is 0.584. The maximum atomic E-state index is 12.4. The molecular formula is C16H10BrF3N4OS. The van der Waals surface area contributed by atoms with Crippen LogP contribution >= 0.6 is 27.7 Å². The van der Waals surface area contributed by atoms with Gasteiger partial charge >= 0.3 is 5.51 Å². The summed E-state index contributed by atoms with van der Waals surface area (Å²) in [4.78, 5) is 16.3. The fourth-order valence-corrected chi connectivity index (χ4v) is 3.04. The van der Waals surface area contributed by atoms with Gasteiger partial charge in [-0.2, -0.15) is 18.3 Å². The topological polar surface area (TPSA) is 59.8 Å². The smallest absolute Gasteiger partial charge is 0.320 e. The number of nitrogens with one attached hydrogen (secondary N) is 1. The Morgan fingerprint density at radius 2 is 1.88 bits per heavy atom. The van der Waals surface area contributed by atoms with Crippen LogP contribution in [-0.4, -0.2) is 26.2 Å². The molecule has 1 N–H and O–H groups in total. The number of nitrogens with zero attached hydrogens (tertiary/aromatic N) is 3. The number of carbonyl (C=O) groups is 1. The standard InChI is InChI=1S/C16H10BrF3N4OS/c17-11-3-6-14(24-9-21-8-22-24)13(7-11)23-15(25)10-1-4-12(5-2-10)26-16(18,19)20/h1-9H,(H,23,25). The zero-order valence-electron chi connectivity index (χ0n) is 12.9. The van der Waals surface area contributed by atoms with Gasteiger partial charge in [-0.1, -0.05) is 15.9 Å². The van der Waals surface area contributed by atoms with Crippen LogP contribution in [0.2, 0.25) is 0 Å². The monoisotopic (exact) mass is 442 g/mol. The van der Waals surface area contributed by atoms with Crippen molar-refractivity contribution in [1.29, 1.82) is 0 Å². The third kappa shape index (κ3) is 4.64. The molecule has 134 valence electrons. The van der Waals surface area contributed by atoms with Crippen LogP contribution in [0.25, 0.3) is 5.69 Å². The van der Waals surface area contributed by atoms with E-state index in [0.29, 0.717) is 11.4 Å². The zero-order chi connectivity index (χ0) is 18.7. The van der Waals surface area contributed by atoms with E-state index in [1.54, 1.807) is 18.2 Å². The first-order valence-electron chi connectivity index (χ1n) is 7.13. The van der Waals surface area contributed by atoms with Gasteiger partial charge in [-0.15, -0.1) is 0 Å². The van der Waals surface area contributed by atoms with E-state index >= 15 is 0 Å². The highest BCUT2D eigenvalue weighted by Crippen LogP contribution is 2.36. The number of amides is 1. The van der Waals surface area contributed by atoms with E-state index in [-0.39, 0.29) is 22.2 Å². The normalized spacial score (nSPS) is 11.4. The molecule has 1 amide bonds. The molecule has 2 aromatic carbocycles. The van der Waals surface area contributed by atoms with E-state index in [1.807, 2.05) is 0 Å². The van der Waals surface area contributed by atoms with Gasteiger partial charge in [0.2, 0.25) is 0 Å². The van der Waals surface area contributed by atoms with Gasteiger partial charge in [0, 0.05) is 14.9 Å². The van der Waals surface area contributed by atoms with Crippen molar-refractivity contribution in [1.82, 2.24) is 14.8 Å². The number of alkyl halides is 3. The summed E-state index contributed by atoms with van der Waals surface area (Å²) in [5.74, 6) is -0.451. The second-order valence-corrected chi connectivity index (χ2v) is 7.08. The van der Waals surface area contributed by atoms with E-state index in [2.05, 4.69) is 31.3 Å². The third-order valence-corrected chi connectivity index (χ3v) is 4.46. The maximum absolute atomic E-state index is 12.4. The van der Waals surface area contributed by atoms with Crippen LogP contribution in [-0.2, 0) is 0 Å². The van der Waals surface area contributed by atoms with Crippen molar-refractivity contribution in [2.24, 2.45) is 0 Å². The Hall–Kier alpha value is -2.33. The zero-order valence-corrected chi connectivity index (χ0v) is 15.3. The molecule has 10 heteroatoms. The van der Waals surface area contributed by atoms with Crippen LogP contribution < -0.4 is 5.32 Å². The Labute approximate surface area is 158 Å². The number of rotatable bonds is 4. The SMILES string of the molecule is O=C(Nc1cc(Br)ccc1-n1cncn1)c1ccc(SC(F)(F)F)cc1. The highest BCUT2D eigenvalue weighted by atomic mass is 79.9. The molecule has 0 saturated carbocycles. The number of anilines is 1. The van der Waals surface area contributed by atoms with Gasteiger partial charge in [0.1, 0.15) is 12.7 Å². The third-order valence-electron chi connectivity index (χ3n) is 3.22. The van der Waals surface area contributed by atoms with E-state index in [4.69, 9.17) is 0 Å². The molecule has 0 radical (unpaired) electrons. The average Bonchev–Trinajstić information content (AvgIpc) is 3.08. The molecule has 5 nitrogen and oxygen atoms in total. The van der Waals surface area contributed by atoms with Gasteiger partial charge in [-0.3, -0.25) is 4.79 Å². The van der Waals surface area contributed by atoms with Crippen LogP contribution in [0.3, 0.4) is 0 Å². The van der Waals surface area contributed by atoms with Crippen molar-refractivity contribution in [2.45, 2.75) is 10.4 Å². The number of thioether (sulfide) groups is 1. The van der Waals surface area contributed by atoms with Crippen molar-refractivity contribution in [3.05, 3.63) is 65.2 Å². The molecule has 0 aliphatic carbocycles. The number of carbonyl (C=O) groups excluding carboxylic acids is 1.